The van der Waals surface area contributed by atoms with Crippen molar-refractivity contribution in [2.45, 2.75) is 44.1 Å². The zero-order chi connectivity index (χ0) is 12.0. The summed E-state index contributed by atoms with van der Waals surface area (Å²) < 4.78 is 6.24. The molecule has 0 aromatic heterocycles. The van der Waals surface area contributed by atoms with Crippen LogP contribution < -0.4 is 0 Å². The maximum atomic E-state index is 12.5. The molecule has 1 heterocycles. The van der Waals surface area contributed by atoms with E-state index >= 15 is 0 Å². The average molecular weight is 297 g/mol. The Morgan fingerprint density at radius 1 is 1.12 bits per heavy atom. The third-order valence-electron chi connectivity index (χ3n) is 3.77. The fourth-order valence-corrected chi connectivity index (χ4v) is 3.69. The minimum atomic E-state index is -0.994. The highest BCUT2D eigenvalue weighted by Crippen LogP contribution is 2.44. The summed E-state index contributed by atoms with van der Waals surface area (Å²) in [6.45, 7) is 0. The lowest BCUT2D eigenvalue weighted by Gasteiger charge is -2.32. The Bertz CT molecular complexity index is 475. The quantitative estimate of drug-likeness (QED) is 0.646. The van der Waals surface area contributed by atoms with Gasteiger partial charge in [-0.2, -0.15) is 0 Å². The van der Waals surface area contributed by atoms with Crippen LogP contribution in [-0.2, 0) is 14.3 Å². The van der Waals surface area contributed by atoms with Crippen molar-refractivity contribution in [3.05, 3.63) is 21.7 Å². The molecule has 1 saturated heterocycles. The second-order valence-corrected chi connectivity index (χ2v) is 5.70. The number of ketones is 1. The minimum Gasteiger partial charge on any atom is -0.446 e. The minimum absolute atomic E-state index is 0.0150. The zero-order valence-corrected chi connectivity index (χ0v) is 11.0. The Labute approximate surface area is 108 Å². The maximum Gasteiger partial charge on any atom is 0.307 e. The summed E-state index contributed by atoms with van der Waals surface area (Å²) in [6, 6.07) is 0. The van der Waals surface area contributed by atoms with Crippen molar-refractivity contribution < 1.29 is 14.3 Å². The molecule has 0 unspecified atom stereocenters. The van der Waals surface area contributed by atoms with Crippen molar-refractivity contribution >= 4 is 27.7 Å². The molecule has 1 fully saturated rings. The van der Waals surface area contributed by atoms with Crippen molar-refractivity contribution in [1.29, 1.82) is 0 Å². The first-order chi connectivity index (χ1) is 8.12. The SMILES string of the molecule is O=C1CC[C@@]2(C=C(Br)C3=C(CCCC3)C2=O)O1. The van der Waals surface area contributed by atoms with Gasteiger partial charge in [0.25, 0.3) is 0 Å². The van der Waals surface area contributed by atoms with Crippen molar-refractivity contribution in [3.63, 3.8) is 0 Å². The number of esters is 1. The van der Waals surface area contributed by atoms with Gasteiger partial charge in [-0.1, -0.05) is 15.9 Å². The zero-order valence-electron chi connectivity index (χ0n) is 9.42. The normalized spacial score (nSPS) is 32.6. The molecule has 3 rings (SSSR count). The van der Waals surface area contributed by atoms with Crippen LogP contribution in [0.3, 0.4) is 0 Å². The summed E-state index contributed by atoms with van der Waals surface area (Å²) in [5.41, 5.74) is 1.00. The second kappa shape index (κ2) is 3.80. The summed E-state index contributed by atoms with van der Waals surface area (Å²) in [6.07, 6.45) is 6.56. The van der Waals surface area contributed by atoms with Gasteiger partial charge in [-0.15, -0.1) is 0 Å². The Hall–Kier alpha value is -0.900. The Balaban J connectivity index is 2.05. The Kier molecular flexibility index (Phi) is 2.51. The molecule has 17 heavy (non-hydrogen) atoms. The molecule has 3 aliphatic rings. The third-order valence-corrected chi connectivity index (χ3v) is 4.48. The second-order valence-electron chi connectivity index (χ2n) is 4.85. The molecule has 0 aromatic carbocycles. The maximum absolute atomic E-state index is 12.5. The molecule has 1 aliphatic heterocycles. The summed E-state index contributed by atoms with van der Waals surface area (Å²) in [7, 11) is 0. The summed E-state index contributed by atoms with van der Waals surface area (Å²) in [4.78, 5) is 23.8. The third kappa shape index (κ3) is 1.61. The molecule has 0 aromatic rings. The van der Waals surface area contributed by atoms with Gasteiger partial charge in [-0.3, -0.25) is 9.59 Å². The van der Waals surface area contributed by atoms with Gasteiger partial charge in [0.15, 0.2) is 5.60 Å². The largest absolute Gasteiger partial charge is 0.446 e. The summed E-state index contributed by atoms with van der Waals surface area (Å²) in [5.74, 6) is -0.254. The number of ether oxygens (including phenoxy) is 1. The highest BCUT2D eigenvalue weighted by atomic mass is 79.9. The number of hydrogen-bond donors (Lipinski definition) is 0. The summed E-state index contributed by atoms with van der Waals surface area (Å²) in [5, 5.41) is 0. The molecule has 1 atom stereocenters. The van der Waals surface area contributed by atoms with Gasteiger partial charge in [0.2, 0.25) is 5.78 Å². The highest BCUT2D eigenvalue weighted by Gasteiger charge is 2.49. The average Bonchev–Trinajstić information content (AvgIpc) is 2.69. The van der Waals surface area contributed by atoms with E-state index in [9.17, 15) is 9.59 Å². The molecule has 90 valence electrons. The van der Waals surface area contributed by atoms with Crippen molar-refractivity contribution in [1.82, 2.24) is 0 Å². The van der Waals surface area contributed by atoms with Crippen LogP contribution in [0.1, 0.15) is 38.5 Å². The predicted octanol–water partition coefficient (Wildman–Crippen LogP) is 2.79. The van der Waals surface area contributed by atoms with Crippen LogP contribution in [-0.4, -0.2) is 17.4 Å². The van der Waals surface area contributed by atoms with E-state index < -0.39 is 5.60 Å². The van der Waals surface area contributed by atoms with E-state index in [1.165, 1.54) is 0 Å². The van der Waals surface area contributed by atoms with Crippen LogP contribution in [0.2, 0.25) is 0 Å². The van der Waals surface area contributed by atoms with Gasteiger partial charge in [0, 0.05) is 16.5 Å². The first kappa shape index (κ1) is 11.2. The Morgan fingerprint density at radius 3 is 2.47 bits per heavy atom. The number of hydrogen-bond acceptors (Lipinski definition) is 3. The Morgan fingerprint density at radius 2 is 1.82 bits per heavy atom. The van der Waals surface area contributed by atoms with Crippen LogP contribution in [0.5, 0.6) is 0 Å². The van der Waals surface area contributed by atoms with Gasteiger partial charge in [-0.05, 0) is 37.3 Å². The molecule has 0 amide bonds. The molecular weight excluding hydrogens is 284 g/mol. The van der Waals surface area contributed by atoms with Gasteiger partial charge < -0.3 is 4.74 Å². The molecule has 1 spiro atoms. The number of carbonyl (C=O) groups excluding carboxylic acids is 2. The molecule has 0 radical (unpaired) electrons. The molecule has 4 heteroatoms. The molecule has 0 saturated carbocycles. The van der Waals surface area contributed by atoms with Crippen molar-refractivity contribution in [2.75, 3.05) is 0 Å². The lowest BCUT2D eigenvalue weighted by atomic mass is 9.77. The van der Waals surface area contributed by atoms with Crippen LogP contribution in [0.4, 0.5) is 0 Å². The number of halogens is 1. The van der Waals surface area contributed by atoms with Gasteiger partial charge in [0.05, 0.1) is 6.42 Å². The number of rotatable bonds is 0. The van der Waals surface area contributed by atoms with E-state index in [0.29, 0.717) is 12.8 Å². The molecule has 0 bridgehead atoms. The summed E-state index contributed by atoms with van der Waals surface area (Å²) >= 11 is 3.52. The van der Waals surface area contributed by atoms with E-state index in [0.717, 1.165) is 41.3 Å². The topological polar surface area (TPSA) is 43.4 Å². The van der Waals surface area contributed by atoms with Crippen LogP contribution >= 0.6 is 15.9 Å². The van der Waals surface area contributed by atoms with Crippen LogP contribution in [0, 0.1) is 0 Å². The van der Waals surface area contributed by atoms with Gasteiger partial charge in [-0.25, -0.2) is 0 Å². The van der Waals surface area contributed by atoms with E-state index in [-0.39, 0.29) is 11.8 Å². The molecular formula is C13H13BrO3. The molecule has 3 nitrogen and oxygen atoms in total. The fraction of sp³-hybridized carbons (Fsp3) is 0.538. The number of Topliss-reactive ketones (excluding diaryl/α,β-unsaturated/α-hetero) is 1. The van der Waals surface area contributed by atoms with E-state index in [2.05, 4.69) is 15.9 Å². The van der Waals surface area contributed by atoms with Gasteiger partial charge in [0.1, 0.15) is 0 Å². The molecule has 2 aliphatic carbocycles. The lowest BCUT2D eigenvalue weighted by molar-refractivity contribution is -0.151. The smallest absolute Gasteiger partial charge is 0.307 e. The van der Waals surface area contributed by atoms with E-state index in [4.69, 9.17) is 4.74 Å². The standard InChI is InChI=1S/C13H13BrO3/c14-10-7-13(6-5-11(15)17-13)12(16)9-4-2-1-3-8(9)10/h7H,1-6H2/t13-/m0/s1. The van der Waals surface area contributed by atoms with E-state index in [1.807, 2.05) is 0 Å². The first-order valence-corrected chi connectivity index (χ1v) is 6.79. The molecule has 0 N–H and O–H groups in total. The van der Waals surface area contributed by atoms with Crippen molar-refractivity contribution in [2.24, 2.45) is 0 Å². The van der Waals surface area contributed by atoms with Crippen LogP contribution in [0.25, 0.3) is 0 Å². The van der Waals surface area contributed by atoms with Crippen LogP contribution in [0.15, 0.2) is 21.7 Å². The van der Waals surface area contributed by atoms with E-state index in [1.54, 1.807) is 6.08 Å². The lowest BCUT2D eigenvalue weighted by Crippen LogP contribution is -2.40. The highest BCUT2D eigenvalue weighted by molar-refractivity contribution is 9.12. The number of allylic oxidation sites excluding steroid dienone is 2. The number of carbonyl (C=O) groups is 2. The monoisotopic (exact) mass is 296 g/mol. The van der Waals surface area contributed by atoms with Crippen molar-refractivity contribution in [3.8, 4) is 0 Å². The van der Waals surface area contributed by atoms with Gasteiger partial charge >= 0.3 is 5.97 Å². The fourth-order valence-electron chi connectivity index (χ4n) is 2.89. The predicted molar refractivity (Wildman–Crippen MR) is 65.6 cm³/mol. The first-order valence-electron chi connectivity index (χ1n) is 6.00.